The summed E-state index contributed by atoms with van der Waals surface area (Å²) in [5, 5.41) is 12.4. The Labute approximate surface area is 119 Å². The largest absolute Gasteiger partial charge is 0.334 e. The zero-order valence-corrected chi connectivity index (χ0v) is 11.2. The average molecular weight is 291 g/mol. The van der Waals surface area contributed by atoms with Crippen molar-refractivity contribution in [1.29, 1.82) is 0 Å². The topological polar surface area (TPSA) is 95.7 Å². The molecule has 0 amide bonds. The van der Waals surface area contributed by atoms with Crippen LogP contribution in [-0.4, -0.2) is 25.1 Å². The van der Waals surface area contributed by atoms with E-state index in [0.717, 1.165) is 5.56 Å². The lowest BCUT2D eigenvalue weighted by atomic mass is 10.2. The highest BCUT2D eigenvalue weighted by molar-refractivity contribution is 6.30. The van der Waals surface area contributed by atoms with Gasteiger partial charge in [0.15, 0.2) is 5.82 Å². The van der Waals surface area contributed by atoms with Gasteiger partial charge in [0, 0.05) is 17.1 Å². The number of hydrogen-bond donors (Lipinski definition) is 1. The van der Waals surface area contributed by atoms with Crippen LogP contribution in [0.4, 0.5) is 0 Å². The van der Waals surface area contributed by atoms with Crippen LogP contribution in [0.5, 0.6) is 0 Å². The number of aromatic nitrogens is 5. The normalized spacial score (nSPS) is 10.9. The van der Waals surface area contributed by atoms with Crippen LogP contribution in [-0.2, 0) is 13.1 Å². The molecule has 8 heteroatoms. The lowest BCUT2D eigenvalue weighted by molar-refractivity contribution is 0.418. The van der Waals surface area contributed by atoms with E-state index in [4.69, 9.17) is 21.9 Å². The Hall–Kier alpha value is -2.25. The number of hydrogen-bond acceptors (Lipinski definition) is 6. The summed E-state index contributed by atoms with van der Waals surface area (Å²) >= 11 is 5.83. The monoisotopic (exact) mass is 290 g/mol. The van der Waals surface area contributed by atoms with Gasteiger partial charge in [0.05, 0.1) is 11.9 Å². The third kappa shape index (κ3) is 2.68. The van der Waals surface area contributed by atoms with Crippen molar-refractivity contribution in [2.24, 2.45) is 5.73 Å². The summed E-state index contributed by atoms with van der Waals surface area (Å²) in [7, 11) is 0. The molecule has 20 heavy (non-hydrogen) atoms. The smallest absolute Gasteiger partial charge is 0.257 e. The Morgan fingerprint density at radius 2 is 2.05 bits per heavy atom. The average Bonchev–Trinajstić information content (AvgIpc) is 3.09. The van der Waals surface area contributed by atoms with Gasteiger partial charge in [-0.05, 0) is 24.3 Å². The van der Waals surface area contributed by atoms with Crippen molar-refractivity contribution in [1.82, 2.24) is 25.1 Å². The number of halogens is 1. The molecule has 2 heterocycles. The van der Waals surface area contributed by atoms with Gasteiger partial charge in [0.25, 0.3) is 5.89 Å². The molecule has 0 fully saturated rings. The molecule has 0 saturated heterocycles. The van der Waals surface area contributed by atoms with Crippen molar-refractivity contribution in [3.05, 3.63) is 47.0 Å². The summed E-state index contributed by atoms with van der Waals surface area (Å²) in [6.45, 7) is 0.729. The first-order valence-electron chi connectivity index (χ1n) is 5.92. The standard InChI is InChI=1S/C12H11ClN6O/c13-9-3-1-8(2-4-9)12-15-11(17-20-12)7-19-6-10(5-14)16-18-19/h1-4,6H,5,7,14H2. The second-order valence-electron chi connectivity index (χ2n) is 4.13. The third-order valence-electron chi connectivity index (χ3n) is 2.66. The molecule has 1 aromatic carbocycles. The lowest BCUT2D eigenvalue weighted by Crippen LogP contribution is -2.02. The molecule has 7 nitrogen and oxygen atoms in total. The van der Waals surface area contributed by atoms with Crippen molar-refractivity contribution < 1.29 is 4.52 Å². The second-order valence-corrected chi connectivity index (χ2v) is 4.57. The minimum absolute atomic E-state index is 0.349. The molecular weight excluding hydrogens is 280 g/mol. The van der Waals surface area contributed by atoms with Crippen LogP contribution < -0.4 is 5.73 Å². The van der Waals surface area contributed by atoms with Gasteiger partial charge in [-0.15, -0.1) is 5.10 Å². The van der Waals surface area contributed by atoms with Gasteiger partial charge in [-0.2, -0.15) is 4.98 Å². The van der Waals surface area contributed by atoms with Crippen molar-refractivity contribution in [2.45, 2.75) is 13.1 Å². The van der Waals surface area contributed by atoms with Gasteiger partial charge >= 0.3 is 0 Å². The van der Waals surface area contributed by atoms with Gasteiger partial charge in [-0.25, -0.2) is 4.68 Å². The molecular formula is C12H11ClN6O. The molecule has 0 saturated carbocycles. The fraction of sp³-hybridized carbons (Fsp3) is 0.167. The Morgan fingerprint density at radius 3 is 2.75 bits per heavy atom. The highest BCUT2D eigenvalue weighted by Gasteiger charge is 2.10. The summed E-state index contributed by atoms with van der Waals surface area (Å²) in [6.07, 6.45) is 1.75. The molecule has 3 aromatic rings. The molecule has 3 rings (SSSR count). The van der Waals surface area contributed by atoms with E-state index < -0.39 is 0 Å². The summed E-state index contributed by atoms with van der Waals surface area (Å²) in [6, 6.07) is 7.18. The molecule has 0 unspecified atom stereocenters. The van der Waals surface area contributed by atoms with E-state index in [-0.39, 0.29) is 0 Å². The van der Waals surface area contributed by atoms with Crippen LogP contribution in [0.2, 0.25) is 5.02 Å². The highest BCUT2D eigenvalue weighted by Crippen LogP contribution is 2.19. The van der Waals surface area contributed by atoms with E-state index in [1.807, 2.05) is 12.1 Å². The minimum atomic E-state index is 0.349. The molecule has 0 radical (unpaired) electrons. The zero-order valence-electron chi connectivity index (χ0n) is 10.4. The molecule has 0 bridgehead atoms. The van der Waals surface area contributed by atoms with E-state index in [1.165, 1.54) is 0 Å². The van der Waals surface area contributed by atoms with Crippen LogP contribution in [0.3, 0.4) is 0 Å². The van der Waals surface area contributed by atoms with Crippen LogP contribution in [0.1, 0.15) is 11.5 Å². The SMILES string of the molecule is NCc1cn(Cc2noc(-c3ccc(Cl)cc3)n2)nn1. The minimum Gasteiger partial charge on any atom is -0.334 e. The highest BCUT2D eigenvalue weighted by atomic mass is 35.5. The number of nitrogens with zero attached hydrogens (tertiary/aromatic N) is 5. The van der Waals surface area contributed by atoms with Crippen LogP contribution in [0.25, 0.3) is 11.5 Å². The number of rotatable bonds is 4. The van der Waals surface area contributed by atoms with Gasteiger partial charge in [0.1, 0.15) is 6.54 Å². The van der Waals surface area contributed by atoms with E-state index in [0.29, 0.717) is 35.5 Å². The first-order chi connectivity index (χ1) is 9.74. The Balaban J connectivity index is 1.78. The van der Waals surface area contributed by atoms with Crippen LogP contribution >= 0.6 is 11.6 Å². The summed E-state index contributed by atoms with van der Waals surface area (Å²) < 4.78 is 6.82. The maximum Gasteiger partial charge on any atom is 0.257 e. The first kappa shape index (κ1) is 12.8. The lowest BCUT2D eigenvalue weighted by Gasteiger charge is -1.94. The van der Waals surface area contributed by atoms with Crippen molar-refractivity contribution in [2.75, 3.05) is 0 Å². The summed E-state index contributed by atoms with van der Waals surface area (Å²) in [5.74, 6) is 0.958. The Kier molecular flexibility index (Phi) is 3.44. The van der Waals surface area contributed by atoms with Crippen LogP contribution in [0.15, 0.2) is 35.0 Å². The summed E-state index contributed by atoms with van der Waals surface area (Å²) in [4.78, 5) is 4.30. The number of benzene rings is 1. The van der Waals surface area contributed by atoms with E-state index in [1.54, 1.807) is 23.0 Å². The third-order valence-corrected chi connectivity index (χ3v) is 2.91. The first-order valence-corrected chi connectivity index (χ1v) is 6.30. The molecule has 0 spiro atoms. The number of nitrogens with two attached hydrogens (primary N) is 1. The molecule has 0 aliphatic heterocycles. The maximum absolute atomic E-state index is 5.83. The molecule has 0 aliphatic carbocycles. The van der Waals surface area contributed by atoms with Gasteiger partial charge < -0.3 is 10.3 Å². The van der Waals surface area contributed by atoms with E-state index in [2.05, 4.69) is 20.5 Å². The van der Waals surface area contributed by atoms with Crippen molar-refractivity contribution in [3.8, 4) is 11.5 Å². The molecule has 0 atom stereocenters. The van der Waals surface area contributed by atoms with Gasteiger partial charge in [-0.1, -0.05) is 22.0 Å². The Morgan fingerprint density at radius 1 is 1.25 bits per heavy atom. The fourth-order valence-corrected chi connectivity index (χ4v) is 1.81. The molecule has 0 aliphatic rings. The van der Waals surface area contributed by atoms with Gasteiger partial charge in [-0.3, -0.25) is 0 Å². The predicted octanol–water partition coefficient (Wildman–Crippen LogP) is 1.49. The van der Waals surface area contributed by atoms with Gasteiger partial charge in [0.2, 0.25) is 0 Å². The molecule has 2 N–H and O–H groups in total. The Bertz CT molecular complexity index is 705. The zero-order chi connectivity index (χ0) is 13.9. The summed E-state index contributed by atoms with van der Waals surface area (Å²) in [5.41, 5.74) is 7.00. The van der Waals surface area contributed by atoms with Crippen molar-refractivity contribution >= 4 is 11.6 Å². The maximum atomic E-state index is 5.83. The molecule has 2 aromatic heterocycles. The fourth-order valence-electron chi connectivity index (χ4n) is 1.68. The second kappa shape index (κ2) is 5.40. The predicted molar refractivity (Wildman–Crippen MR) is 71.8 cm³/mol. The van der Waals surface area contributed by atoms with Crippen molar-refractivity contribution in [3.63, 3.8) is 0 Å². The molecule has 102 valence electrons. The quantitative estimate of drug-likeness (QED) is 0.782. The van der Waals surface area contributed by atoms with E-state index >= 15 is 0 Å². The van der Waals surface area contributed by atoms with Crippen LogP contribution in [0, 0.1) is 0 Å². The van der Waals surface area contributed by atoms with E-state index in [9.17, 15) is 0 Å².